The van der Waals surface area contributed by atoms with Crippen LogP contribution in [0.25, 0.3) is 0 Å². The average Bonchev–Trinajstić information content (AvgIpc) is 2.26. The number of hydrogen-bond donors (Lipinski definition) is 2. The Kier molecular flexibility index (Phi) is 3.66. The van der Waals surface area contributed by atoms with Gasteiger partial charge in [0, 0.05) is 5.92 Å². The van der Waals surface area contributed by atoms with E-state index in [-0.39, 0.29) is 24.2 Å². The third-order valence-electron chi connectivity index (χ3n) is 4.63. The number of esters is 1. The van der Waals surface area contributed by atoms with Gasteiger partial charge in [-0.3, -0.25) is 4.79 Å². The Balaban J connectivity index is 2.30. The van der Waals surface area contributed by atoms with Gasteiger partial charge in [0.15, 0.2) is 5.79 Å². The maximum absolute atomic E-state index is 11.6. The number of rotatable bonds is 2. The molecule has 0 radical (unpaired) electrons. The van der Waals surface area contributed by atoms with Crippen LogP contribution in [0.1, 0.15) is 47.0 Å². The second-order valence-electron chi connectivity index (χ2n) is 6.52. The van der Waals surface area contributed by atoms with Crippen LogP contribution in [0.3, 0.4) is 0 Å². The van der Waals surface area contributed by atoms with E-state index in [0.29, 0.717) is 5.92 Å². The van der Waals surface area contributed by atoms with Crippen LogP contribution in [0.4, 0.5) is 0 Å². The summed E-state index contributed by atoms with van der Waals surface area (Å²) in [5, 5.41) is 20.8. The Labute approximate surface area is 113 Å². The quantitative estimate of drug-likeness (QED) is 0.587. The Morgan fingerprint density at radius 3 is 2.58 bits per heavy atom. The van der Waals surface area contributed by atoms with Crippen LogP contribution in [0, 0.1) is 17.8 Å². The molecule has 0 aromatic heterocycles. The summed E-state index contributed by atoms with van der Waals surface area (Å²) in [6, 6.07) is 0. The van der Waals surface area contributed by atoms with Gasteiger partial charge in [-0.25, -0.2) is 0 Å². The Morgan fingerprint density at radius 1 is 1.37 bits per heavy atom. The minimum absolute atomic E-state index is 0.0494. The van der Waals surface area contributed by atoms with Gasteiger partial charge in [0.2, 0.25) is 6.29 Å². The van der Waals surface area contributed by atoms with Crippen molar-refractivity contribution in [3.05, 3.63) is 0 Å². The molecule has 1 heterocycles. The molecule has 19 heavy (non-hydrogen) atoms. The predicted molar refractivity (Wildman–Crippen MR) is 67.9 cm³/mol. The van der Waals surface area contributed by atoms with Crippen LogP contribution in [-0.2, 0) is 14.3 Å². The van der Waals surface area contributed by atoms with E-state index < -0.39 is 17.7 Å². The van der Waals surface area contributed by atoms with Gasteiger partial charge in [0.05, 0.1) is 6.42 Å². The molecular formula is C14H24O5. The third kappa shape index (κ3) is 2.64. The molecule has 1 aliphatic heterocycles. The highest BCUT2D eigenvalue weighted by Crippen LogP contribution is 2.49. The first-order valence-corrected chi connectivity index (χ1v) is 6.96. The summed E-state index contributed by atoms with van der Waals surface area (Å²) in [7, 11) is 0. The van der Waals surface area contributed by atoms with Crippen molar-refractivity contribution in [2.75, 3.05) is 0 Å². The smallest absolute Gasteiger partial charge is 0.308 e. The molecule has 2 aliphatic rings. The van der Waals surface area contributed by atoms with Gasteiger partial charge in [-0.2, -0.15) is 0 Å². The Morgan fingerprint density at radius 2 is 2.00 bits per heavy atom. The largest absolute Gasteiger partial charge is 0.432 e. The lowest BCUT2D eigenvalue weighted by atomic mass is 9.62. The van der Waals surface area contributed by atoms with E-state index in [0.717, 1.165) is 12.8 Å². The van der Waals surface area contributed by atoms with Crippen molar-refractivity contribution in [1.29, 1.82) is 0 Å². The summed E-state index contributed by atoms with van der Waals surface area (Å²) in [5.41, 5.74) is -1.22. The topological polar surface area (TPSA) is 76.0 Å². The van der Waals surface area contributed by atoms with E-state index in [9.17, 15) is 15.0 Å². The fraction of sp³-hybridized carbons (Fsp3) is 0.929. The summed E-state index contributed by atoms with van der Waals surface area (Å²) >= 11 is 0. The fourth-order valence-electron chi connectivity index (χ4n) is 3.29. The summed E-state index contributed by atoms with van der Waals surface area (Å²) in [6.45, 7) is 6.96. The minimum atomic E-state index is -1.46. The highest BCUT2D eigenvalue weighted by molar-refractivity contribution is 5.71. The number of cyclic esters (lactones) is 1. The highest BCUT2D eigenvalue weighted by Gasteiger charge is 2.58. The van der Waals surface area contributed by atoms with E-state index in [2.05, 4.69) is 6.92 Å². The van der Waals surface area contributed by atoms with Crippen molar-refractivity contribution >= 4 is 5.97 Å². The molecule has 2 N–H and O–H groups in total. The number of ether oxygens (including phenoxy) is 2. The van der Waals surface area contributed by atoms with Gasteiger partial charge < -0.3 is 19.7 Å². The Bertz CT molecular complexity index is 361. The van der Waals surface area contributed by atoms with Gasteiger partial charge >= 0.3 is 5.97 Å². The molecule has 5 nitrogen and oxygen atoms in total. The molecule has 0 amide bonds. The van der Waals surface area contributed by atoms with Gasteiger partial charge in [-0.15, -0.1) is 0 Å². The molecule has 1 aliphatic carbocycles. The molecule has 2 rings (SSSR count). The minimum Gasteiger partial charge on any atom is -0.432 e. The number of aliphatic hydroxyl groups is 2. The molecule has 2 fully saturated rings. The van der Waals surface area contributed by atoms with Crippen LogP contribution >= 0.6 is 0 Å². The molecular weight excluding hydrogens is 248 g/mol. The van der Waals surface area contributed by atoms with Crippen molar-refractivity contribution < 1.29 is 24.5 Å². The number of carbonyl (C=O) groups excluding carboxylic acids is 1. The molecule has 0 aromatic carbocycles. The molecule has 0 bridgehead atoms. The van der Waals surface area contributed by atoms with Gasteiger partial charge in [-0.1, -0.05) is 13.8 Å². The predicted octanol–water partition coefficient (Wildman–Crippen LogP) is 1.42. The van der Waals surface area contributed by atoms with Gasteiger partial charge in [-0.05, 0) is 38.5 Å². The van der Waals surface area contributed by atoms with E-state index in [1.54, 1.807) is 0 Å². The van der Waals surface area contributed by atoms with E-state index in [1.165, 1.54) is 13.8 Å². The zero-order valence-corrected chi connectivity index (χ0v) is 12.0. The van der Waals surface area contributed by atoms with Crippen molar-refractivity contribution in [2.45, 2.75) is 64.6 Å². The van der Waals surface area contributed by atoms with Crippen LogP contribution in [0.2, 0.25) is 0 Å². The van der Waals surface area contributed by atoms with E-state index in [1.807, 2.05) is 6.92 Å². The number of fused-ring (bicyclic) bond motifs is 1. The number of hydrogen-bond acceptors (Lipinski definition) is 5. The van der Waals surface area contributed by atoms with Crippen molar-refractivity contribution in [1.82, 2.24) is 0 Å². The van der Waals surface area contributed by atoms with E-state index >= 15 is 0 Å². The lowest BCUT2D eigenvalue weighted by Gasteiger charge is -2.53. The second kappa shape index (κ2) is 4.72. The summed E-state index contributed by atoms with van der Waals surface area (Å²) in [5.74, 6) is -1.71. The van der Waals surface area contributed by atoms with Gasteiger partial charge in [0.1, 0.15) is 5.60 Å². The molecule has 0 aromatic rings. The van der Waals surface area contributed by atoms with Crippen molar-refractivity contribution in [3.8, 4) is 0 Å². The molecule has 5 atom stereocenters. The van der Waals surface area contributed by atoms with Crippen LogP contribution < -0.4 is 0 Å². The fourth-order valence-corrected chi connectivity index (χ4v) is 3.29. The third-order valence-corrected chi connectivity index (χ3v) is 4.63. The maximum Gasteiger partial charge on any atom is 0.308 e. The zero-order chi connectivity index (χ0) is 14.4. The summed E-state index contributed by atoms with van der Waals surface area (Å²) < 4.78 is 10.6. The average molecular weight is 272 g/mol. The molecule has 0 spiro atoms. The first kappa shape index (κ1) is 14.8. The van der Waals surface area contributed by atoms with Crippen molar-refractivity contribution in [2.24, 2.45) is 17.8 Å². The highest BCUT2D eigenvalue weighted by atomic mass is 16.8. The first-order chi connectivity index (χ1) is 8.64. The molecule has 5 heteroatoms. The molecule has 1 saturated heterocycles. The molecule has 1 saturated carbocycles. The molecule has 0 unspecified atom stereocenters. The first-order valence-electron chi connectivity index (χ1n) is 6.96. The normalized spacial score (nSPS) is 43.6. The lowest BCUT2D eigenvalue weighted by Crippen LogP contribution is -2.64. The van der Waals surface area contributed by atoms with Crippen LogP contribution in [-0.4, -0.2) is 33.9 Å². The van der Waals surface area contributed by atoms with Crippen molar-refractivity contribution in [3.63, 3.8) is 0 Å². The summed E-state index contributed by atoms with van der Waals surface area (Å²) in [4.78, 5) is 11.6. The number of carbonyl (C=O) groups is 1. The second-order valence-corrected chi connectivity index (χ2v) is 6.52. The lowest BCUT2D eigenvalue weighted by molar-refractivity contribution is -0.348. The summed E-state index contributed by atoms with van der Waals surface area (Å²) in [6.07, 6.45) is 0.884. The van der Waals surface area contributed by atoms with Crippen LogP contribution in [0.15, 0.2) is 0 Å². The standard InChI is InChI=1S/C14H24O5/c1-8-5-6-10-7-11(15)18-12(19-13(3,4)16)14(10,17)9(8)2/h8-10,12,16-17H,5-7H2,1-4H3/t8-,9+,10+,12+,14+/m1/s1. The maximum atomic E-state index is 11.6. The Hall–Kier alpha value is -0.650. The van der Waals surface area contributed by atoms with Gasteiger partial charge in [0.25, 0.3) is 0 Å². The SMILES string of the molecule is C[C@@H]1CC[C@H]2CC(=O)O[C@@H](OC(C)(C)O)[C@]2(O)[C@H]1C. The monoisotopic (exact) mass is 272 g/mol. The van der Waals surface area contributed by atoms with E-state index in [4.69, 9.17) is 9.47 Å². The molecule has 110 valence electrons. The zero-order valence-electron chi connectivity index (χ0n) is 12.0. The van der Waals surface area contributed by atoms with Crippen LogP contribution in [0.5, 0.6) is 0 Å².